The lowest BCUT2D eigenvalue weighted by atomic mass is 10.2. The third-order valence-corrected chi connectivity index (χ3v) is 2.46. The molecule has 1 N–H and O–H groups in total. The molecule has 0 saturated heterocycles. The van der Waals surface area contributed by atoms with Crippen molar-refractivity contribution in [3.63, 3.8) is 0 Å². The zero-order valence-corrected chi connectivity index (χ0v) is 9.03. The molecule has 2 nitrogen and oxygen atoms in total. The van der Waals surface area contributed by atoms with E-state index in [-0.39, 0.29) is 0 Å². The highest BCUT2D eigenvalue weighted by Gasteiger charge is 1.95. The van der Waals surface area contributed by atoms with Crippen LogP contribution in [0.25, 0.3) is 6.08 Å². The average Bonchev–Trinajstić information content (AvgIpc) is 2.64. The van der Waals surface area contributed by atoms with E-state index >= 15 is 0 Å². The number of hydrogen-bond acceptors (Lipinski definition) is 3. The van der Waals surface area contributed by atoms with Crippen LogP contribution in [0, 0.1) is 0 Å². The van der Waals surface area contributed by atoms with Crippen LogP contribution in [0.4, 0.5) is 0 Å². The molecule has 0 atom stereocenters. The number of hydrogen-bond donors (Lipinski definition) is 1. The molecule has 0 radical (unpaired) electrons. The second-order valence-corrected chi connectivity index (χ2v) is 3.57. The van der Waals surface area contributed by atoms with Crippen LogP contribution in [-0.4, -0.2) is 18.1 Å². The molecule has 1 heterocycles. The van der Waals surface area contributed by atoms with Crippen molar-refractivity contribution >= 4 is 17.4 Å². The van der Waals surface area contributed by atoms with Crippen molar-refractivity contribution in [2.45, 2.75) is 20.3 Å². The van der Waals surface area contributed by atoms with Gasteiger partial charge in [0.05, 0.1) is 11.2 Å². The van der Waals surface area contributed by atoms with Gasteiger partial charge in [0, 0.05) is 11.9 Å². The van der Waals surface area contributed by atoms with Crippen molar-refractivity contribution in [1.29, 1.82) is 0 Å². The Bertz CT molecular complexity index is 252. The Morgan fingerprint density at radius 3 is 3.00 bits per heavy atom. The van der Waals surface area contributed by atoms with Crippen molar-refractivity contribution in [1.82, 2.24) is 10.3 Å². The van der Waals surface area contributed by atoms with Crippen molar-refractivity contribution < 1.29 is 0 Å². The van der Waals surface area contributed by atoms with Crippen molar-refractivity contribution in [3.05, 3.63) is 22.2 Å². The summed E-state index contributed by atoms with van der Waals surface area (Å²) in [5, 5.41) is 5.39. The largest absolute Gasteiger partial charge is 0.313 e. The SMILES string of the molecule is CCNCC(=Cc1cscn1)CC. The maximum absolute atomic E-state index is 4.23. The molecular formula is C10H16N2S. The number of aromatic nitrogens is 1. The first-order valence-corrected chi connectivity index (χ1v) is 5.59. The Morgan fingerprint density at radius 1 is 1.62 bits per heavy atom. The van der Waals surface area contributed by atoms with Crippen LogP contribution in [0.1, 0.15) is 26.0 Å². The van der Waals surface area contributed by atoms with Gasteiger partial charge < -0.3 is 5.32 Å². The lowest BCUT2D eigenvalue weighted by Gasteiger charge is -2.03. The fourth-order valence-corrected chi connectivity index (χ4v) is 1.58. The minimum atomic E-state index is 0.977. The highest BCUT2D eigenvalue weighted by atomic mass is 32.1. The molecule has 0 unspecified atom stereocenters. The molecule has 0 aliphatic carbocycles. The zero-order valence-electron chi connectivity index (χ0n) is 8.21. The van der Waals surface area contributed by atoms with Gasteiger partial charge in [0.1, 0.15) is 0 Å². The van der Waals surface area contributed by atoms with Gasteiger partial charge in [0.25, 0.3) is 0 Å². The van der Waals surface area contributed by atoms with E-state index in [1.54, 1.807) is 11.3 Å². The lowest BCUT2D eigenvalue weighted by Crippen LogP contribution is -2.15. The molecule has 1 rings (SSSR count). The fourth-order valence-electron chi connectivity index (χ4n) is 1.07. The fraction of sp³-hybridized carbons (Fsp3) is 0.500. The molecule has 0 bridgehead atoms. The molecule has 13 heavy (non-hydrogen) atoms. The summed E-state index contributed by atoms with van der Waals surface area (Å²) in [6, 6.07) is 0. The molecule has 0 aromatic carbocycles. The summed E-state index contributed by atoms with van der Waals surface area (Å²) in [5.74, 6) is 0. The Kier molecular flexibility index (Phi) is 4.72. The van der Waals surface area contributed by atoms with E-state index in [1.165, 1.54) is 5.57 Å². The Labute approximate surface area is 83.7 Å². The molecule has 0 amide bonds. The smallest absolute Gasteiger partial charge is 0.0798 e. The van der Waals surface area contributed by atoms with E-state index in [9.17, 15) is 0 Å². The van der Waals surface area contributed by atoms with E-state index in [0.29, 0.717) is 0 Å². The summed E-state index contributed by atoms with van der Waals surface area (Å²) in [7, 11) is 0. The normalized spacial score (nSPS) is 12.0. The van der Waals surface area contributed by atoms with Gasteiger partial charge in [0.15, 0.2) is 0 Å². The summed E-state index contributed by atoms with van der Waals surface area (Å²) in [6.45, 7) is 6.30. The zero-order chi connectivity index (χ0) is 9.52. The first-order chi connectivity index (χ1) is 6.36. The van der Waals surface area contributed by atoms with Crippen LogP contribution in [0.3, 0.4) is 0 Å². The maximum Gasteiger partial charge on any atom is 0.0798 e. The molecule has 3 heteroatoms. The number of nitrogens with one attached hydrogen (secondary N) is 1. The average molecular weight is 196 g/mol. The number of likely N-dealkylation sites (N-methyl/N-ethyl adjacent to an activating group) is 1. The lowest BCUT2D eigenvalue weighted by molar-refractivity contribution is 0.762. The first kappa shape index (κ1) is 10.4. The predicted molar refractivity (Wildman–Crippen MR) is 58.9 cm³/mol. The van der Waals surface area contributed by atoms with Crippen LogP contribution in [0.15, 0.2) is 16.5 Å². The third-order valence-electron chi connectivity index (χ3n) is 1.86. The topological polar surface area (TPSA) is 24.9 Å². The van der Waals surface area contributed by atoms with Crippen molar-refractivity contribution in [3.8, 4) is 0 Å². The molecular weight excluding hydrogens is 180 g/mol. The molecule has 72 valence electrons. The van der Waals surface area contributed by atoms with Crippen LogP contribution in [0.5, 0.6) is 0 Å². The standard InChI is InChI=1S/C10H16N2S/c1-3-9(6-11-4-2)5-10-7-13-8-12-10/h5,7-8,11H,3-4,6H2,1-2H3. The quantitative estimate of drug-likeness (QED) is 0.783. The monoisotopic (exact) mass is 196 g/mol. The Balaban J connectivity index is 2.55. The highest BCUT2D eigenvalue weighted by Crippen LogP contribution is 2.09. The number of thiazole rings is 1. The summed E-state index contributed by atoms with van der Waals surface area (Å²) < 4.78 is 0. The van der Waals surface area contributed by atoms with Gasteiger partial charge in [-0.1, -0.05) is 19.4 Å². The van der Waals surface area contributed by atoms with E-state index in [2.05, 4.69) is 35.6 Å². The van der Waals surface area contributed by atoms with Crippen molar-refractivity contribution in [2.75, 3.05) is 13.1 Å². The third kappa shape index (κ3) is 3.70. The van der Waals surface area contributed by atoms with Crippen LogP contribution in [-0.2, 0) is 0 Å². The van der Waals surface area contributed by atoms with Crippen LogP contribution < -0.4 is 5.32 Å². The molecule has 0 spiro atoms. The second-order valence-electron chi connectivity index (χ2n) is 2.85. The first-order valence-electron chi connectivity index (χ1n) is 4.65. The molecule has 1 aromatic heterocycles. The highest BCUT2D eigenvalue weighted by molar-refractivity contribution is 7.07. The minimum absolute atomic E-state index is 0.977. The second kappa shape index (κ2) is 5.89. The van der Waals surface area contributed by atoms with Gasteiger partial charge in [-0.3, -0.25) is 0 Å². The van der Waals surface area contributed by atoms with Crippen molar-refractivity contribution in [2.24, 2.45) is 0 Å². The predicted octanol–water partition coefficient (Wildman–Crippen LogP) is 2.55. The molecule has 0 fully saturated rings. The number of nitrogens with zero attached hydrogens (tertiary/aromatic N) is 1. The van der Waals surface area contributed by atoms with Gasteiger partial charge in [-0.15, -0.1) is 11.3 Å². The van der Waals surface area contributed by atoms with Crippen LogP contribution >= 0.6 is 11.3 Å². The van der Waals surface area contributed by atoms with E-state index in [0.717, 1.165) is 25.2 Å². The summed E-state index contributed by atoms with van der Waals surface area (Å²) in [4.78, 5) is 4.23. The van der Waals surface area contributed by atoms with E-state index in [1.807, 2.05) is 5.51 Å². The summed E-state index contributed by atoms with van der Waals surface area (Å²) >= 11 is 1.64. The van der Waals surface area contributed by atoms with Gasteiger partial charge in [0.2, 0.25) is 0 Å². The molecule has 1 aromatic rings. The van der Waals surface area contributed by atoms with E-state index in [4.69, 9.17) is 0 Å². The Morgan fingerprint density at radius 2 is 2.46 bits per heavy atom. The van der Waals surface area contributed by atoms with Crippen LogP contribution in [0.2, 0.25) is 0 Å². The molecule has 0 aliphatic rings. The summed E-state index contributed by atoms with van der Waals surface area (Å²) in [6.07, 6.45) is 3.25. The number of rotatable bonds is 5. The Hall–Kier alpha value is -0.670. The molecule has 0 saturated carbocycles. The maximum atomic E-state index is 4.23. The van der Waals surface area contributed by atoms with E-state index < -0.39 is 0 Å². The minimum Gasteiger partial charge on any atom is -0.313 e. The van der Waals surface area contributed by atoms with Gasteiger partial charge in [-0.05, 0) is 19.0 Å². The van der Waals surface area contributed by atoms with Gasteiger partial charge in [-0.25, -0.2) is 4.98 Å². The molecule has 0 aliphatic heterocycles. The van der Waals surface area contributed by atoms with Gasteiger partial charge in [-0.2, -0.15) is 0 Å². The summed E-state index contributed by atoms with van der Waals surface area (Å²) in [5.41, 5.74) is 4.36. The van der Waals surface area contributed by atoms with Gasteiger partial charge >= 0.3 is 0 Å².